The van der Waals surface area contributed by atoms with Crippen LogP contribution in [0.3, 0.4) is 0 Å². The number of amides is 1. The molecule has 160 valence electrons. The van der Waals surface area contributed by atoms with Crippen molar-refractivity contribution in [3.05, 3.63) is 112 Å². The molecule has 1 N–H and O–H groups in total. The van der Waals surface area contributed by atoms with E-state index in [-0.39, 0.29) is 28.7 Å². The first-order chi connectivity index (χ1) is 15.4. The van der Waals surface area contributed by atoms with Crippen LogP contribution in [0.1, 0.15) is 29.0 Å². The second kappa shape index (κ2) is 8.81. The molecule has 1 heterocycles. The van der Waals surface area contributed by atoms with E-state index < -0.39 is 16.6 Å². The number of nitrogens with one attached hydrogen (secondary N) is 1. The SMILES string of the molecule is CC(NC(=O)c1cc(-c2ccccc2F)nn1-c1ccc([N+](=O)[O-])cc1)c1ccccc1. The summed E-state index contributed by atoms with van der Waals surface area (Å²) in [4.78, 5) is 23.6. The van der Waals surface area contributed by atoms with Crippen LogP contribution in [0.4, 0.5) is 10.1 Å². The second-order valence-electron chi connectivity index (χ2n) is 7.19. The first-order valence-corrected chi connectivity index (χ1v) is 9.89. The number of carbonyl (C=O) groups is 1. The normalized spacial score (nSPS) is 11.7. The molecule has 0 saturated carbocycles. The number of benzene rings is 3. The number of nitrogens with zero attached hydrogens (tertiary/aromatic N) is 3. The van der Waals surface area contributed by atoms with Gasteiger partial charge in [0.05, 0.1) is 22.3 Å². The van der Waals surface area contributed by atoms with Gasteiger partial charge >= 0.3 is 0 Å². The lowest BCUT2D eigenvalue weighted by Gasteiger charge is -2.15. The molecule has 7 nitrogen and oxygen atoms in total. The fraction of sp³-hybridized carbons (Fsp3) is 0.0833. The highest BCUT2D eigenvalue weighted by molar-refractivity contribution is 5.94. The largest absolute Gasteiger partial charge is 0.344 e. The van der Waals surface area contributed by atoms with Crippen LogP contribution in [0.2, 0.25) is 0 Å². The number of nitro groups is 1. The van der Waals surface area contributed by atoms with Crippen LogP contribution in [0.5, 0.6) is 0 Å². The van der Waals surface area contributed by atoms with Gasteiger partial charge in [0.25, 0.3) is 11.6 Å². The van der Waals surface area contributed by atoms with Gasteiger partial charge in [0, 0.05) is 17.7 Å². The Labute approximate surface area is 183 Å². The Kier molecular flexibility index (Phi) is 5.76. The maximum absolute atomic E-state index is 14.4. The third kappa shape index (κ3) is 4.24. The van der Waals surface area contributed by atoms with Crippen LogP contribution in [0.25, 0.3) is 16.9 Å². The molecule has 0 aliphatic carbocycles. The summed E-state index contributed by atoms with van der Waals surface area (Å²) in [5, 5.41) is 18.3. The van der Waals surface area contributed by atoms with Crippen molar-refractivity contribution in [1.29, 1.82) is 0 Å². The Bertz CT molecular complexity index is 1270. The summed E-state index contributed by atoms with van der Waals surface area (Å²) < 4.78 is 15.7. The Hall–Kier alpha value is -4.33. The molecule has 0 aliphatic heterocycles. The van der Waals surface area contributed by atoms with E-state index in [1.807, 2.05) is 37.3 Å². The van der Waals surface area contributed by atoms with Gasteiger partial charge in [-0.05, 0) is 42.8 Å². The van der Waals surface area contributed by atoms with Crippen molar-refractivity contribution < 1.29 is 14.1 Å². The van der Waals surface area contributed by atoms with E-state index in [9.17, 15) is 19.3 Å². The number of aromatic nitrogens is 2. The lowest BCUT2D eigenvalue weighted by molar-refractivity contribution is -0.384. The summed E-state index contributed by atoms with van der Waals surface area (Å²) in [6.07, 6.45) is 0. The predicted molar refractivity (Wildman–Crippen MR) is 118 cm³/mol. The van der Waals surface area contributed by atoms with E-state index >= 15 is 0 Å². The molecule has 0 saturated heterocycles. The van der Waals surface area contributed by atoms with E-state index in [0.717, 1.165) is 5.56 Å². The van der Waals surface area contributed by atoms with Crippen molar-refractivity contribution in [2.45, 2.75) is 13.0 Å². The van der Waals surface area contributed by atoms with Gasteiger partial charge in [-0.25, -0.2) is 9.07 Å². The van der Waals surface area contributed by atoms with Gasteiger partial charge in [-0.2, -0.15) is 5.10 Å². The van der Waals surface area contributed by atoms with Crippen LogP contribution in [0.15, 0.2) is 84.9 Å². The van der Waals surface area contributed by atoms with Crippen molar-refractivity contribution in [3.63, 3.8) is 0 Å². The Morgan fingerprint density at radius 1 is 1.03 bits per heavy atom. The summed E-state index contributed by atoms with van der Waals surface area (Å²) in [6, 6.07) is 22.5. The van der Waals surface area contributed by atoms with Crippen LogP contribution in [-0.2, 0) is 0 Å². The fourth-order valence-corrected chi connectivity index (χ4v) is 3.35. The van der Waals surface area contributed by atoms with Gasteiger partial charge in [-0.3, -0.25) is 14.9 Å². The number of carbonyl (C=O) groups excluding carboxylic acids is 1. The van der Waals surface area contributed by atoms with Gasteiger partial charge in [0.1, 0.15) is 11.5 Å². The predicted octanol–water partition coefficient (Wildman–Crippen LogP) is 5.08. The molecule has 1 amide bonds. The molecular weight excluding hydrogens is 411 g/mol. The van der Waals surface area contributed by atoms with Crippen LogP contribution in [0, 0.1) is 15.9 Å². The Morgan fingerprint density at radius 3 is 2.34 bits per heavy atom. The van der Waals surface area contributed by atoms with E-state index in [0.29, 0.717) is 5.69 Å². The minimum absolute atomic E-state index is 0.0843. The van der Waals surface area contributed by atoms with Crippen molar-refractivity contribution in [2.75, 3.05) is 0 Å². The summed E-state index contributed by atoms with van der Waals surface area (Å²) in [5.41, 5.74) is 1.99. The highest BCUT2D eigenvalue weighted by atomic mass is 19.1. The van der Waals surface area contributed by atoms with Crippen molar-refractivity contribution in [1.82, 2.24) is 15.1 Å². The van der Waals surface area contributed by atoms with Crippen molar-refractivity contribution >= 4 is 11.6 Å². The lowest BCUT2D eigenvalue weighted by atomic mass is 10.1. The molecule has 8 heteroatoms. The fourth-order valence-electron chi connectivity index (χ4n) is 3.35. The van der Waals surface area contributed by atoms with Gasteiger partial charge in [0.2, 0.25) is 0 Å². The molecule has 0 aliphatic rings. The molecule has 0 radical (unpaired) electrons. The Morgan fingerprint density at radius 2 is 1.69 bits per heavy atom. The molecule has 3 aromatic carbocycles. The van der Waals surface area contributed by atoms with Gasteiger partial charge in [-0.1, -0.05) is 42.5 Å². The first kappa shape index (κ1) is 20.9. The van der Waals surface area contributed by atoms with E-state index in [2.05, 4.69) is 10.4 Å². The summed E-state index contributed by atoms with van der Waals surface area (Å²) >= 11 is 0. The third-order valence-corrected chi connectivity index (χ3v) is 5.04. The number of rotatable bonds is 6. The van der Waals surface area contributed by atoms with Crippen molar-refractivity contribution in [3.8, 4) is 16.9 Å². The van der Waals surface area contributed by atoms with Gasteiger partial charge < -0.3 is 5.32 Å². The lowest BCUT2D eigenvalue weighted by Crippen LogP contribution is -2.28. The average molecular weight is 430 g/mol. The maximum atomic E-state index is 14.4. The topological polar surface area (TPSA) is 90.1 Å². The molecule has 0 bridgehead atoms. The third-order valence-electron chi connectivity index (χ3n) is 5.04. The monoisotopic (exact) mass is 430 g/mol. The second-order valence-corrected chi connectivity index (χ2v) is 7.19. The molecule has 0 spiro atoms. The molecule has 1 aromatic heterocycles. The number of halogens is 1. The highest BCUT2D eigenvalue weighted by Gasteiger charge is 2.21. The molecule has 1 unspecified atom stereocenters. The first-order valence-electron chi connectivity index (χ1n) is 9.89. The highest BCUT2D eigenvalue weighted by Crippen LogP contribution is 2.25. The van der Waals surface area contributed by atoms with E-state index in [1.165, 1.54) is 41.1 Å². The zero-order chi connectivity index (χ0) is 22.7. The van der Waals surface area contributed by atoms with Gasteiger partial charge in [-0.15, -0.1) is 0 Å². The van der Waals surface area contributed by atoms with Crippen molar-refractivity contribution in [2.24, 2.45) is 0 Å². The quantitative estimate of drug-likeness (QED) is 0.341. The van der Waals surface area contributed by atoms with Crippen LogP contribution in [-0.4, -0.2) is 20.6 Å². The molecular formula is C24H19FN4O3. The standard InChI is InChI=1S/C24H19FN4O3/c1-16(17-7-3-2-4-8-17)26-24(30)23-15-22(20-9-5-6-10-21(20)25)27-28(23)18-11-13-19(14-12-18)29(31)32/h2-16H,1H3,(H,26,30). The zero-order valence-corrected chi connectivity index (χ0v) is 17.1. The number of nitro benzene ring substituents is 1. The Balaban J connectivity index is 1.74. The zero-order valence-electron chi connectivity index (χ0n) is 17.1. The average Bonchev–Trinajstić information content (AvgIpc) is 3.25. The maximum Gasteiger partial charge on any atom is 0.270 e. The van der Waals surface area contributed by atoms with E-state index in [1.54, 1.807) is 18.2 Å². The van der Waals surface area contributed by atoms with Crippen LogP contribution < -0.4 is 5.32 Å². The molecule has 1 atom stereocenters. The molecule has 0 fully saturated rings. The molecule has 32 heavy (non-hydrogen) atoms. The number of hydrogen-bond acceptors (Lipinski definition) is 4. The summed E-state index contributed by atoms with van der Waals surface area (Å²) in [6.45, 7) is 1.86. The molecule has 4 rings (SSSR count). The smallest absolute Gasteiger partial charge is 0.270 e. The molecule has 4 aromatic rings. The van der Waals surface area contributed by atoms with E-state index in [4.69, 9.17) is 0 Å². The minimum Gasteiger partial charge on any atom is -0.344 e. The summed E-state index contributed by atoms with van der Waals surface area (Å²) in [7, 11) is 0. The number of non-ortho nitro benzene ring substituents is 1. The summed E-state index contributed by atoms with van der Waals surface area (Å²) in [5.74, 6) is -0.875. The minimum atomic E-state index is -0.507. The van der Waals surface area contributed by atoms with Gasteiger partial charge in [0.15, 0.2) is 0 Å². The number of hydrogen-bond donors (Lipinski definition) is 1. The van der Waals surface area contributed by atoms with Crippen LogP contribution >= 0.6 is 0 Å².